The van der Waals surface area contributed by atoms with Gasteiger partial charge in [0, 0.05) is 16.9 Å². The lowest BCUT2D eigenvalue weighted by molar-refractivity contribution is 0.917. The molecule has 0 aliphatic heterocycles. The molecule has 4 aromatic rings. The molecule has 1 heteroatoms. The molecule has 0 saturated carbocycles. The molecule has 0 saturated heterocycles. The molecule has 0 bridgehead atoms. The Morgan fingerprint density at radius 3 is 2.20 bits per heavy atom. The summed E-state index contributed by atoms with van der Waals surface area (Å²) in [6, 6.07) is 30.9. The Labute approximate surface area is 211 Å². The monoisotopic (exact) mass is 459 g/mol. The van der Waals surface area contributed by atoms with Gasteiger partial charge in [0.25, 0.3) is 0 Å². The third-order valence-corrected chi connectivity index (χ3v) is 6.43. The number of nitrogens with zero attached hydrogens (tertiary/aromatic N) is 1. The van der Waals surface area contributed by atoms with Gasteiger partial charge in [0.15, 0.2) is 0 Å². The average Bonchev–Trinajstić information content (AvgIpc) is 2.91. The molecule has 1 aliphatic rings. The van der Waals surface area contributed by atoms with E-state index in [4.69, 9.17) is 0 Å². The second-order valence-corrected chi connectivity index (χ2v) is 9.15. The summed E-state index contributed by atoms with van der Waals surface area (Å²) in [6.07, 6.45) is 11.1. The zero-order valence-electron chi connectivity index (χ0n) is 21.6. The van der Waals surface area contributed by atoms with E-state index in [-0.39, 0.29) is 0 Å². The van der Waals surface area contributed by atoms with Gasteiger partial charge in [-0.05, 0) is 77.9 Å². The van der Waals surface area contributed by atoms with Gasteiger partial charge in [-0.2, -0.15) is 0 Å². The van der Waals surface area contributed by atoms with Gasteiger partial charge in [0.05, 0.1) is 5.69 Å². The van der Waals surface area contributed by atoms with Crippen LogP contribution in [0.3, 0.4) is 0 Å². The molecule has 0 N–H and O–H groups in total. The molecule has 1 nitrogen and oxygen atoms in total. The second-order valence-electron chi connectivity index (χ2n) is 9.15. The van der Waals surface area contributed by atoms with Crippen molar-refractivity contribution < 1.29 is 0 Å². The largest absolute Gasteiger partial charge is 0.314 e. The minimum Gasteiger partial charge on any atom is -0.314 e. The first kappa shape index (κ1) is 24.5. The summed E-state index contributed by atoms with van der Waals surface area (Å²) in [5.74, 6) is 0. The zero-order valence-corrected chi connectivity index (χ0v) is 21.6. The van der Waals surface area contributed by atoms with Crippen LogP contribution in [0.25, 0.3) is 21.9 Å². The Bertz CT molecular complexity index is 1330. The van der Waals surface area contributed by atoms with Crippen molar-refractivity contribution in [2.24, 2.45) is 0 Å². The molecular weight excluding hydrogens is 422 g/mol. The fourth-order valence-electron chi connectivity index (χ4n) is 4.88. The maximum Gasteiger partial charge on any atom is 0.0539 e. The number of anilines is 2. The Hall–Kier alpha value is -3.58. The van der Waals surface area contributed by atoms with E-state index < -0.39 is 0 Å². The fourth-order valence-corrected chi connectivity index (χ4v) is 4.88. The van der Waals surface area contributed by atoms with Crippen molar-refractivity contribution in [3.8, 4) is 11.1 Å². The first-order valence-electron chi connectivity index (χ1n) is 13.0. The minimum absolute atomic E-state index is 0.993. The molecule has 0 amide bonds. The number of fused-ring (bicyclic) bond motifs is 1. The molecule has 1 aliphatic carbocycles. The SMILES string of the molecule is CCC.CCc1cccc(N(C2=CC=CCC2)c2ccccc2)c1-c1c(C)ccc2ccccc12. The molecule has 0 aromatic heterocycles. The van der Waals surface area contributed by atoms with Gasteiger partial charge in [-0.3, -0.25) is 0 Å². The molecule has 35 heavy (non-hydrogen) atoms. The number of allylic oxidation sites excluding steroid dienone is 4. The smallest absolute Gasteiger partial charge is 0.0539 e. The van der Waals surface area contributed by atoms with E-state index in [9.17, 15) is 0 Å². The third kappa shape index (κ3) is 5.25. The zero-order chi connectivity index (χ0) is 24.6. The maximum atomic E-state index is 2.47. The number of hydrogen-bond acceptors (Lipinski definition) is 1. The summed E-state index contributed by atoms with van der Waals surface area (Å²) in [4.78, 5) is 2.47. The molecule has 0 unspecified atom stereocenters. The van der Waals surface area contributed by atoms with Crippen LogP contribution in [0.15, 0.2) is 109 Å². The molecule has 0 radical (unpaired) electrons. The van der Waals surface area contributed by atoms with Gasteiger partial charge in [-0.1, -0.05) is 106 Å². The highest BCUT2D eigenvalue weighted by Crippen LogP contribution is 2.44. The van der Waals surface area contributed by atoms with E-state index in [1.807, 2.05) is 0 Å². The second kappa shape index (κ2) is 11.7. The van der Waals surface area contributed by atoms with Gasteiger partial charge in [-0.25, -0.2) is 0 Å². The van der Waals surface area contributed by atoms with Crippen LogP contribution < -0.4 is 4.90 Å². The molecular formula is C34H37N. The lowest BCUT2D eigenvalue weighted by atomic mass is 9.88. The quantitative estimate of drug-likeness (QED) is 0.287. The van der Waals surface area contributed by atoms with E-state index >= 15 is 0 Å². The van der Waals surface area contributed by atoms with Crippen LogP contribution in [0.5, 0.6) is 0 Å². The molecule has 0 fully saturated rings. The summed E-state index contributed by atoms with van der Waals surface area (Å²) in [5.41, 5.74) is 9.21. The summed E-state index contributed by atoms with van der Waals surface area (Å²) < 4.78 is 0. The van der Waals surface area contributed by atoms with E-state index in [1.54, 1.807) is 0 Å². The van der Waals surface area contributed by atoms with E-state index in [0.717, 1.165) is 19.3 Å². The first-order valence-corrected chi connectivity index (χ1v) is 13.0. The highest BCUT2D eigenvalue weighted by atomic mass is 15.2. The number of benzene rings is 4. The molecule has 0 atom stereocenters. The van der Waals surface area contributed by atoms with Crippen LogP contribution in [0.2, 0.25) is 0 Å². The normalized spacial score (nSPS) is 12.6. The highest BCUT2D eigenvalue weighted by Gasteiger charge is 2.22. The highest BCUT2D eigenvalue weighted by molar-refractivity contribution is 6.03. The predicted molar refractivity (Wildman–Crippen MR) is 155 cm³/mol. The number of rotatable bonds is 5. The van der Waals surface area contributed by atoms with Crippen LogP contribution >= 0.6 is 0 Å². The van der Waals surface area contributed by atoms with E-state index in [1.165, 1.54) is 56.5 Å². The predicted octanol–water partition coefficient (Wildman–Crippen LogP) is 10.2. The van der Waals surface area contributed by atoms with Crippen molar-refractivity contribution in [1.29, 1.82) is 0 Å². The van der Waals surface area contributed by atoms with Crippen molar-refractivity contribution in [3.63, 3.8) is 0 Å². The van der Waals surface area contributed by atoms with Gasteiger partial charge >= 0.3 is 0 Å². The summed E-state index contributed by atoms with van der Waals surface area (Å²) >= 11 is 0. The van der Waals surface area contributed by atoms with Gasteiger partial charge in [0.1, 0.15) is 0 Å². The van der Waals surface area contributed by atoms with Crippen molar-refractivity contribution in [2.75, 3.05) is 4.90 Å². The Morgan fingerprint density at radius 2 is 1.49 bits per heavy atom. The number of aryl methyl sites for hydroxylation is 2. The summed E-state index contributed by atoms with van der Waals surface area (Å²) in [5, 5.41) is 2.61. The topological polar surface area (TPSA) is 3.24 Å². The van der Waals surface area contributed by atoms with Crippen molar-refractivity contribution in [2.45, 2.75) is 53.4 Å². The molecule has 5 rings (SSSR count). The fraction of sp³-hybridized carbons (Fsp3) is 0.235. The first-order chi connectivity index (χ1) is 17.2. The molecule has 0 spiro atoms. The number of para-hydroxylation sites is 1. The molecule has 4 aromatic carbocycles. The number of hydrogen-bond donors (Lipinski definition) is 0. The maximum absolute atomic E-state index is 2.47. The van der Waals surface area contributed by atoms with E-state index in [0.29, 0.717) is 0 Å². The van der Waals surface area contributed by atoms with Crippen LogP contribution in [-0.4, -0.2) is 0 Å². The van der Waals surface area contributed by atoms with Crippen molar-refractivity contribution in [3.05, 3.63) is 120 Å². The van der Waals surface area contributed by atoms with Crippen molar-refractivity contribution in [1.82, 2.24) is 0 Å². The summed E-state index contributed by atoms with van der Waals surface area (Å²) in [6.45, 7) is 8.76. The van der Waals surface area contributed by atoms with Gasteiger partial charge in [0.2, 0.25) is 0 Å². The van der Waals surface area contributed by atoms with Crippen LogP contribution in [0.1, 0.15) is 51.2 Å². The van der Waals surface area contributed by atoms with Crippen LogP contribution in [-0.2, 0) is 6.42 Å². The minimum atomic E-state index is 0.993. The molecule has 178 valence electrons. The lowest BCUT2D eigenvalue weighted by Gasteiger charge is -2.32. The third-order valence-electron chi connectivity index (χ3n) is 6.43. The Balaban J connectivity index is 0.000000917. The Kier molecular flexibility index (Phi) is 8.21. The molecule has 0 heterocycles. The van der Waals surface area contributed by atoms with Crippen LogP contribution in [0, 0.1) is 6.92 Å². The Morgan fingerprint density at radius 1 is 0.743 bits per heavy atom. The van der Waals surface area contributed by atoms with Gasteiger partial charge in [-0.15, -0.1) is 0 Å². The summed E-state index contributed by atoms with van der Waals surface area (Å²) in [7, 11) is 0. The van der Waals surface area contributed by atoms with Gasteiger partial charge < -0.3 is 4.90 Å². The standard InChI is InChI=1S/C31H29N.C3H8/c1-3-24-14-12-20-29(31(24)30-23(2)21-22-25-13-10-11-19-28(25)30)32(26-15-6-4-7-16-26)27-17-8-5-9-18-27;1-3-2/h4-8,10-17,19-22H,3,9,18H2,1-2H3;3H2,1-2H3. The van der Waals surface area contributed by atoms with E-state index in [2.05, 4.69) is 136 Å². The van der Waals surface area contributed by atoms with Crippen LogP contribution in [0.4, 0.5) is 11.4 Å². The average molecular weight is 460 g/mol. The van der Waals surface area contributed by atoms with Crippen molar-refractivity contribution >= 4 is 22.1 Å². The lowest BCUT2D eigenvalue weighted by Crippen LogP contribution is -2.18.